The van der Waals surface area contributed by atoms with E-state index >= 15 is 0 Å². The third kappa shape index (κ3) is 2.93. The summed E-state index contributed by atoms with van der Waals surface area (Å²) in [5.41, 5.74) is -0.162. The molecule has 29 heavy (non-hydrogen) atoms. The van der Waals surface area contributed by atoms with Crippen molar-refractivity contribution in [2.24, 2.45) is 7.05 Å². The van der Waals surface area contributed by atoms with Gasteiger partial charge in [-0.25, -0.2) is 13.1 Å². The number of rotatable bonds is 4. The lowest BCUT2D eigenvalue weighted by atomic mass is 10.0. The van der Waals surface area contributed by atoms with E-state index in [4.69, 9.17) is 0 Å². The van der Waals surface area contributed by atoms with Gasteiger partial charge in [-0.3, -0.25) is 14.7 Å². The maximum atomic E-state index is 13.3. The molecular formula is C16H13N6O5S2-. The highest BCUT2D eigenvalue weighted by Gasteiger charge is 2.58. The van der Waals surface area contributed by atoms with Gasteiger partial charge in [0.25, 0.3) is 5.91 Å². The first-order chi connectivity index (χ1) is 13.7. The number of carbonyl (C=O) groups is 2. The second-order valence-electron chi connectivity index (χ2n) is 6.32. The lowest BCUT2D eigenvalue weighted by Gasteiger charge is -2.48. The number of nitrogens with zero attached hydrogens (tertiary/aromatic N) is 6. The molecule has 4 rings (SSSR count). The van der Waals surface area contributed by atoms with E-state index < -0.39 is 37.4 Å². The predicted molar refractivity (Wildman–Crippen MR) is 97.9 cm³/mol. The summed E-state index contributed by atoms with van der Waals surface area (Å²) in [6, 6.07) is 4.97. The molecule has 150 valence electrons. The number of hydrogen-bond acceptors (Lipinski definition) is 10. The van der Waals surface area contributed by atoms with Gasteiger partial charge in [0.05, 0.1) is 22.9 Å². The lowest BCUT2D eigenvalue weighted by Crippen LogP contribution is -2.64. The number of carboxylic acid groups (broad SMARTS) is 1. The van der Waals surface area contributed by atoms with Gasteiger partial charge in [-0.1, -0.05) is 17.8 Å². The Labute approximate surface area is 169 Å². The van der Waals surface area contributed by atoms with Crippen LogP contribution in [0.2, 0.25) is 0 Å². The molecule has 0 radical (unpaired) electrons. The highest BCUT2D eigenvalue weighted by molar-refractivity contribution is 8.14. The molecule has 0 aromatic carbocycles. The van der Waals surface area contributed by atoms with Crippen molar-refractivity contribution in [1.29, 1.82) is 0 Å². The molecule has 1 saturated heterocycles. The molecule has 0 bridgehead atoms. The Balaban J connectivity index is 1.84. The Morgan fingerprint density at radius 2 is 2.10 bits per heavy atom. The number of β-lactam (4-membered cyclic amide) rings is 1. The Morgan fingerprint density at radius 3 is 2.69 bits per heavy atom. The van der Waals surface area contributed by atoms with Gasteiger partial charge in [0.15, 0.2) is 15.2 Å². The van der Waals surface area contributed by atoms with Gasteiger partial charge in [0, 0.05) is 13.2 Å². The largest absolute Gasteiger partial charge is 0.543 e. The highest BCUT2D eigenvalue weighted by atomic mass is 32.3. The Bertz CT molecular complexity index is 1190. The maximum Gasteiger partial charge on any atom is 0.258 e. The van der Waals surface area contributed by atoms with Crippen molar-refractivity contribution < 1.29 is 23.1 Å². The molecule has 0 spiro atoms. The number of aliphatic carboxylic acids is 1. The van der Waals surface area contributed by atoms with Gasteiger partial charge < -0.3 is 9.90 Å². The maximum absolute atomic E-state index is 13.3. The first kappa shape index (κ1) is 19.3. The summed E-state index contributed by atoms with van der Waals surface area (Å²) in [5, 5.41) is 21.3. The molecule has 0 saturated carbocycles. The van der Waals surface area contributed by atoms with Crippen LogP contribution in [0.25, 0.3) is 6.08 Å². The number of carbonyl (C=O) groups excluding carboxylic acids is 2. The number of thioether (sulfide) groups is 1. The van der Waals surface area contributed by atoms with E-state index in [1.807, 2.05) is 0 Å². The molecule has 11 nitrogen and oxygen atoms in total. The molecule has 0 N–H and O–H groups in total. The summed E-state index contributed by atoms with van der Waals surface area (Å²) in [6.45, 7) is 1.34. The standard InChI is InChI=1S/C16H14N6O5S2/c1-8-11(14(24)25)22-12(23)10(7-9-5-3-4-6-17-9)13(22)29(26,27)15(8)28-16-18-19-20-21(16)2/h3-7,13,15H,1-2H3,(H,24,25)/p-1/b10-7-/t13-,15+/m1/s1. The first-order valence-corrected chi connectivity index (χ1v) is 10.7. The number of hydrogen-bond donors (Lipinski definition) is 0. The molecule has 1 amide bonds. The molecule has 2 atom stereocenters. The van der Waals surface area contributed by atoms with Gasteiger partial charge in [-0.15, -0.1) is 5.10 Å². The Kier molecular flexibility index (Phi) is 4.50. The molecular weight excluding hydrogens is 420 g/mol. The molecule has 1 fully saturated rings. The van der Waals surface area contributed by atoms with Crippen LogP contribution in [0.4, 0.5) is 0 Å². The van der Waals surface area contributed by atoms with Crippen LogP contribution in [-0.4, -0.2) is 60.3 Å². The topological polar surface area (TPSA) is 151 Å². The average molecular weight is 433 g/mol. The molecule has 0 unspecified atom stereocenters. The molecule has 2 aromatic heterocycles. The number of aromatic nitrogens is 5. The van der Waals surface area contributed by atoms with Crippen LogP contribution < -0.4 is 5.11 Å². The van der Waals surface area contributed by atoms with Crippen molar-refractivity contribution in [3.05, 3.63) is 46.9 Å². The zero-order valence-electron chi connectivity index (χ0n) is 15.1. The summed E-state index contributed by atoms with van der Waals surface area (Å²) in [5.74, 6) is -2.35. The predicted octanol–water partition coefficient (Wildman–Crippen LogP) is -1.27. The minimum Gasteiger partial charge on any atom is -0.543 e. The van der Waals surface area contributed by atoms with E-state index in [1.54, 1.807) is 18.2 Å². The number of aryl methyl sites for hydroxylation is 1. The van der Waals surface area contributed by atoms with Crippen LogP contribution in [0.1, 0.15) is 12.6 Å². The summed E-state index contributed by atoms with van der Waals surface area (Å²) in [7, 11) is -2.53. The minimum atomic E-state index is -4.06. The summed E-state index contributed by atoms with van der Waals surface area (Å²) in [4.78, 5) is 29.2. The second kappa shape index (κ2) is 6.77. The monoisotopic (exact) mass is 433 g/mol. The smallest absolute Gasteiger partial charge is 0.258 e. The van der Waals surface area contributed by atoms with Crippen molar-refractivity contribution in [3.8, 4) is 0 Å². The summed E-state index contributed by atoms with van der Waals surface area (Å²) < 4.78 is 26.6. The number of amides is 1. The zero-order valence-corrected chi connectivity index (χ0v) is 16.7. The van der Waals surface area contributed by atoms with Crippen molar-refractivity contribution in [2.75, 3.05) is 0 Å². The van der Waals surface area contributed by atoms with E-state index in [1.165, 1.54) is 30.9 Å². The van der Waals surface area contributed by atoms with E-state index in [-0.39, 0.29) is 16.3 Å². The van der Waals surface area contributed by atoms with Gasteiger partial charge in [0.2, 0.25) is 5.16 Å². The van der Waals surface area contributed by atoms with Crippen molar-refractivity contribution in [2.45, 2.75) is 22.0 Å². The molecule has 4 heterocycles. The van der Waals surface area contributed by atoms with Crippen LogP contribution in [0.15, 0.2) is 46.4 Å². The number of pyridine rings is 1. The van der Waals surface area contributed by atoms with Crippen molar-refractivity contribution in [1.82, 2.24) is 30.1 Å². The fraction of sp³-hybridized carbons (Fsp3) is 0.250. The Hall–Kier alpha value is -3.06. The first-order valence-electron chi connectivity index (χ1n) is 8.23. The molecule has 0 aliphatic carbocycles. The van der Waals surface area contributed by atoms with Gasteiger partial charge in [-0.2, -0.15) is 0 Å². The summed E-state index contributed by atoms with van der Waals surface area (Å²) in [6.07, 6.45) is 2.85. The third-order valence-corrected chi connectivity index (χ3v) is 8.78. The van der Waals surface area contributed by atoms with Crippen LogP contribution in [-0.2, 0) is 26.5 Å². The van der Waals surface area contributed by atoms with E-state index in [9.17, 15) is 23.1 Å². The SMILES string of the molecule is CC1=C(C(=O)[O-])N2C(=O)/C(=C/c3ccccn3)[C@H]2S(=O)(=O)[C@@H]1Sc1nnnn1C. The summed E-state index contributed by atoms with van der Waals surface area (Å²) >= 11 is 0.792. The van der Waals surface area contributed by atoms with Gasteiger partial charge in [0.1, 0.15) is 4.58 Å². The van der Waals surface area contributed by atoms with E-state index in [2.05, 4.69) is 20.5 Å². The fourth-order valence-corrected chi connectivity index (χ4v) is 6.94. The third-order valence-electron chi connectivity index (χ3n) is 4.52. The number of carboxylic acids is 1. The van der Waals surface area contributed by atoms with Crippen molar-refractivity contribution in [3.63, 3.8) is 0 Å². The second-order valence-corrected chi connectivity index (χ2v) is 9.79. The molecule has 2 aliphatic heterocycles. The van der Waals surface area contributed by atoms with Crippen LogP contribution >= 0.6 is 11.8 Å². The number of sulfone groups is 1. The minimum absolute atomic E-state index is 0.0283. The normalized spacial score (nSPS) is 24.4. The van der Waals surface area contributed by atoms with Gasteiger partial charge in [-0.05, 0) is 41.1 Å². The number of fused-ring (bicyclic) bond motifs is 1. The van der Waals surface area contributed by atoms with Crippen LogP contribution in [0, 0.1) is 0 Å². The zero-order chi connectivity index (χ0) is 20.9. The Morgan fingerprint density at radius 1 is 1.34 bits per heavy atom. The number of tetrazole rings is 1. The lowest BCUT2D eigenvalue weighted by molar-refractivity contribution is -0.301. The van der Waals surface area contributed by atoms with Crippen molar-refractivity contribution >= 4 is 39.6 Å². The quantitative estimate of drug-likeness (QED) is 0.421. The van der Waals surface area contributed by atoms with E-state index in [0.29, 0.717) is 5.69 Å². The molecule has 2 aromatic rings. The molecule has 2 aliphatic rings. The highest BCUT2D eigenvalue weighted by Crippen LogP contribution is 2.47. The average Bonchev–Trinajstić information content (AvgIpc) is 3.08. The van der Waals surface area contributed by atoms with Gasteiger partial charge >= 0.3 is 0 Å². The van der Waals surface area contributed by atoms with Crippen LogP contribution in [0.5, 0.6) is 0 Å². The fourth-order valence-electron chi connectivity index (χ4n) is 3.22. The van der Waals surface area contributed by atoms with Crippen LogP contribution in [0.3, 0.4) is 0 Å². The van der Waals surface area contributed by atoms with E-state index in [0.717, 1.165) is 16.7 Å². The molecule has 13 heteroatoms.